The molecule has 0 aliphatic rings. The zero-order valence-corrected chi connectivity index (χ0v) is 7.29. The van der Waals surface area contributed by atoms with E-state index in [1.165, 1.54) is 18.3 Å². The Balaban J connectivity index is 2.44. The van der Waals surface area contributed by atoms with Crippen molar-refractivity contribution >= 4 is 0 Å². The van der Waals surface area contributed by atoms with E-state index in [2.05, 4.69) is 4.98 Å². The van der Waals surface area contributed by atoms with E-state index in [4.69, 9.17) is 7.85 Å². The molecule has 0 bridgehead atoms. The van der Waals surface area contributed by atoms with Crippen molar-refractivity contribution in [3.05, 3.63) is 47.9 Å². The van der Waals surface area contributed by atoms with Crippen LogP contribution in [0.15, 0.2) is 36.5 Å². The van der Waals surface area contributed by atoms with Crippen molar-refractivity contribution in [2.24, 2.45) is 0 Å². The molecule has 0 atom stereocenters. The molecule has 0 unspecified atom stereocenters. The van der Waals surface area contributed by atoms with E-state index < -0.39 is 12.4 Å². The Morgan fingerprint density at radius 3 is 2.86 bits per heavy atom. The third-order valence-corrected chi connectivity index (χ3v) is 1.98. The van der Waals surface area contributed by atoms with Crippen molar-refractivity contribution < 1.29 is 12.2 Å². The molecule has 2 rings (SSSR count). The number of halogens is 1. The van der Waals surface area contributed by atoms with Gasteiger partial charge in [0.1, 0.15) is 5.82 Å². The van der Waals surface area contributed by atoms with Crippen molar-refractivity contribution in [3.63, 3.8) is 0 Å². The summed E-state index contributed by atoms with van der Waals surface area (Å²) >= 11 is 0. The maximum Gasteiger partial charge on any atom is 0.132 e. The van der Waals surface area contributed by atoms with Gasteiger partial charge in [0.2, 0.25) is 0 Å². The van der Waals surface area contributed by atoms with Gasteiger partial charge in [-0.1, -0.05) is 12.1 Å². The largest absolute Gasteiger partial charge is 0.392 e. The summed E-state index contributed by atoms with van der Waals surface area (Å²) < 4.78 is 27.6. The second-order valence-corrected chi connectivity index (χ2v) is 2.89. The minimum atomic E-state index is -2.42. The van der Waals surface area contributed by atoms with Gasteiger partial charge in [0.05, 0.1) is 9.30 Å². The lowest BCUT2D eigenvalue weighted by Gasteiger charge is -1.98. The van der Waals surface area contributed by atoms with Gasteiger partial charge >= 0.3 is 0 Å². The average molecular weight is 193 g/mol. The van der Waals surface area contributed by atoms with Gasteiger partial charge < -0.3 is 10.1 Å². The molecule has 0 fully saturated rings. The Morgan fingerprint density at radius 2 is 2.21 bits per heavy atom. The van der Waals surface area contributed by atoms with Crippen LogP contribution in [0.5, 0.6) is 0 Å². The van der Waals surface area contributed by atoms with Gasteiger partial charge in [-0.2, -0.15) is 0 Å². The van der Waals surface area contributed by atoms with Crippen molar-refractivity contribution in [1.29, 1.82) is 0 Å². The van der Waals surface area contributed by atoms with Gasteiger partial charge in [0.15, 0.2) is 0 Å². The smallest absolute Gasteiger partial charge is 0.132 e. The standard InChI is InChI=1S/C11H10FNO/c12-10-4-2-1-3-9(10)11-5-8(7-14)6-13-11/h1-6,13-14H,7H2/i7D2. The SMILES string of the molecule is [2H]C([2H])(O)c1c[nH]c(-c2ccccc2F)c1. The fraction of sp³-hybridized carbons (Fsp3) is 0.0909. The Bertz CT molecular complexity index is 505. The topological polar surface area (TPSA) is 36.0 Å². The lowest BCUT2D eigenvalue weighted by atomic mass is 10.1. The number of rotatable bonds is 2. The second kappa shape index (κ2) is 3.64. The molecule has 1 aromatic heterocycles. The normalized spacial score (nSPS) is 13.6. The van der Waals surface area contributed by atoms with Crippen LogP contribution in [0, 0.1) is 5.82 Å². The fourth-order valence-corrected chi connectivity index (χ4v) is 1.29. The van der Waals surface area contributed by atoms with Gasteiger partial charge in [0, 0.05) is 17.5 Å². The molecule has 3 heteroatoms. The van der Waals surface area contributed by atoms with Crippen LogP contribution in [0.1, 0.15) is 8.30 Å². The van der Waals surface area contributed by atoms with Crippen LogP contribution in [0.2, 0.25) is 0 Å². The Labute approximate surface area is 83.8 Å². The summed E-state index contributed by atoms with van der Waals surface area (Å²) in [4.78, 5) is 2.73. The number of aromatic nitrogens is 1. The maximum atomic E-state index is 13.4. The van der Waals surface area contributed by atoms with Crippen molar-refractivity contribution in [2.45, 2.75) is 6.56 Å². The number of aromatic amines is 1. The summed E-state index contributed by atoms with van der Waals surface area (Å²) in [6.07, 6.45) is 1.32. The van der Waals surface area contributed by atoms with Crippen LogP contribution >= 0.6 is 0 Å². The molecule has 2 aromatic rings. The molecule has 2 N–H and O–H groups in total. The van der Waals surface area contributed by atoms with Crippen LogP contribution in [-0.2, 0) is 6.56 Å². The molecule has 0 saturated carbocycles. The zero-order chi connectivity index (χ0) is 11.8. The average Bonchev–Trinajstić information content (AvgIpc) is 2.66. The Hall–Kier alpha value is -1.61. The van der Waals surface area contributed by atoms with Gasteiger partial charge in [-0.15, -0.1) is 0 Å². The van der Waals surface area contributed by atoms with E-state index in [0.717, 1.165) is 0 Å². The quantitative estimate of drug-likeness (QED) is 0.754. The zero-order valence-electron chi connectivity index (χ0n) is 9.29. The maximum absolute atomic E-state index is 13.4. The highest BCUT2D eigenvalue weighted by Crippen LogP contribution is 2.21. The van der Waals surface area contributed by atoms with E-state index >= 15 is 0 Å². The van der Waals surface area contributed by atoms with E-state index in [9.17, 15) is 4.39 Å². The lowest BCUT2D eigenvalue weighted by Crippen LogP contribution is -1.82. The lowest BCUT2D eigenvalue weighted by molar-refractivity contribution is 0.282. The van der Waals surface area contributed by atoms with Crippen molar-refractivity contribution in [3.8, 4) is 11.3 Å². The Kier molecular flexibility index (Phi) is 1.76. The molecular formula is C11H10FNO. The fourth-order valence-electron chi connectivity index (χ4n) is 1.29. The highest BCUT2D eigenvalue weighted by Gasteiger charge is 2.05. The predicted octanol–water partition coefficient (Wildman–Crippen LogP) is 2.31. The molecule has 0 spiro atoms. The molecule has 1 aromatic carbocycles. The first kappa shape index (κ1) is 6.79. The summed E-state index contributed by atoms with van der Waals surface area (Å²) in [5, 5.41) is 9.14. The summed E-state index contributed by atoms with van der Waals surface area (Å²) in [5.41, 5.74) is 0.856. The van der Waals surface area contributed by atoms with Crippen molar-refractivity contribution in [2.75, 3.05) is 0 Å². The van der Waals surface area contributed by atoms with E-state index in [0.29, 0.717) is 11.3 Å². The first-order valence-electron chi connectivity index (χ1n) is 5.14. The number of aliphatic hydroxyl groups is 1. The molecule has 0 aliphatic carbocycles. The number of hydrogen-bond donors (Lipinski definition) is 2. The Morgan fingerprint density at radius 1 is 1.43 bits per heavy atom. The van der Waals surface area contributed by atoms with Crippen LogP contribution in [0.4, 0.5) is 4.39 Å². The number of hydrogen-bond acceptors (Lipinski definition) is 1. The van der Waals surface area contributed by atoms with Gasteiger partial charge in [-0.25, -0.2) is 4.39 Å². The molecule has 1 heterocycles. The van der Waals surface area contributed by atoms with Crippen LogP contribution in [0.3, 0.4) is 0 Å². The molecular weight excluding hydrogens is 181 g/mol. The first-order valence-corrected chi connectivity index (χ1v) is 4.14. The molecule has 0 amide bonds. The summed E-state index contributed by atoms with van der Waals surface area (Å²) in [7, 11) is 0. The number of H-pyrrole nitrogens is 1. The molecule has 72 valence electrons. The number of benzene rings is 1. The van der Waals surface area contributed by atoms with Gasteiger partial charge in [-0.05, 0) is 23.8 Å². The molecule has 0 aliphatic heterocycles. The van der Waals surface area contributed by atoms with Crippen LogP contribution < -0.4 is 0 Å². The molecule has 0 radical (unpaired) electrons. The highest BCUT2D eigenvalue weighted by atomic mass is 19.1. The molecule has 0 saturated heterocycles. The minimum Gasteiger partial charge on any atom is -0.392 e. The van der Waals surface area contributed by atoms with Crippen LogP contribution in [-0.4, -0.2) is 10.1 Å². The van der Waals surface area contributed by atoms with E-state index in [-0.39, 0.29) is 5.56 Å². The first-order chi connectivity index (χ1) is 7.48. The molecule has 2 nitrogen and oxygen atoms in total. The summed E-state index contributed by atoms with van der Waals surface area (Å²) in [6, 6.07) is 7.56. The summed E-state index contributed by atoms with van der Waals surface area (Å²) in [5.74, 6) is -0.394. The van der Waals surface area contributed by atoms with Gasteiger partial charge in [0.25, 0.3) is 0 Å². The van der Waals surface area contributed by atoms with E-state index in [1.54, 1.807) is 18.2 Å². The van der Waals surface area contributed by atoms with Gasteiger partial charge in [-0.3, -0.25) is 0 Å². The number of nitrogens with one attached hydrogen (secondary N) is 1. The third kappa shape index (κ3) is 1.54. The second-order valence-electron chi connectivity index (χ2n) is 2.89. The third-order valence-electron chi connectivity index (χ3n) is 1.98. The minimum absolute atomic E-state index is 0.0748. The van der Waals surface area contributed by atoms with E-state index in [1.807, 2.05) is 0 Å². The predicted molar refractivity (Wildman–Crippen MR) is 52.1 cm³/mol. The summed E-state index contributed by atoms with van der Waals surface area (Å²) in [6.45, 7) is -2.42. The van der Waals surface area contributed by atoms with Crippen LogP contribution in [0.25, 0.3) is 11.3 Å². The van der Waals surface area contributed by atoms with Crippen molar-refractivity contribution in [1.82, 2.24) is 4.98 Å². The molecule has 14 heavy (non-hydrogen) atoms. The highest BCUT2D eigenvalue weighted by molar-refractivity contribution is 5.60. The monoisotopic (exact) mass is 193 g/mol.